The highest BCUT2D eigenvalue weighted by atomic mass is 35.5. The topological polar surface area (TPSA) is 101 Å². The maximum Gasteiger partial charge on any atom is 0.410 e. The number of aromatic nitrogens is 1. The van der Waals surface area contributed by atoms with Gasteiger partial charge in [0.25, 0.3) is 11.8 Å². The maximum absolute atomic E-state index is 12.4. The summed E-state index contributed by atoms with van der Waals surface area (Å²) < 4.78 is 5.42. The molecule has 1 aromatic carbocycles. The lowest BCUT2D eigenvalue weighted by Gasteiger charge is -2.32. The van der Waals surface area contributed by atoms with E-state index in [0.717, 1.165) is 17.8 Å². The van der Waals surface area contributed by atoms with Crippen molar-refractivity contribution in [2.24, 2.45) is 0 Å². The molecule has 8 nitrogen and oxygen atoms in total. The van der Waals surface area contributed by atoms with Gasteiger partial charge in [-0.1, -0.05) is 23.7 Å². The fraction of sp³-hybridized carbons (Fsp3) is 0.429. The van der Waals surface area contributed by atoms with Crippen LogP contribution in [-0.2, 0) is 4.74 Å². The van der Waals surface area contributed by atoms with Crippen molar-refractivity contribution in [1.29, 1.82) is 0 Å². The van der Waals surface area contributed by atoms with Crippen molar-refractivity contribution in [2.75, 3.05) is 13.1 Å². The second-order valence-corrected chi connectivity index (χ2v) is 9.50. The van der Waals surface area contributed by atoms with E-state index in [4.69, 9.17) is 16.3 Å². The summed E-state index contributed by atoms with van der Waals surface area (Å²) in [6.45, 7) is 6.69. The maximum atomic E-state index is 12.4. The summed E-state index contributed by atoms with van der Waals surface area (Å²) in [6, 6.07) is 6.56. The van der Waals surface area contributed by atoms with Crippen LogP contribution in [0.2, 0.25) is 5.02 Å². The molecule has 2 N–H and O–H groups in total. The van der Waals surface area contributed by atoms with Gasteiger partial charge in [-0.2, -0.15) is 0 Å². The Morgan fingerprint density at radius 1 is 1.13 bits per heavy atom. The Morgan fingerprint density at radius 3 is 2.42 bits per heavy atom. The lowest BCUT2D eigenvalue weighted by atomic mass is 9.98. The quantitative estimate of drug-likeness (QED) is 0.669. The highest BCUT2D eigenvalue weighted by Gasteiger charge is 2.29. The molecule has 166 valence electrons. The molecule has 2 heterocycles. The van der Waals surface area contributed by atoms with Crippen LogP contribution in [0.1, 0.15) is 65.4 Å². The van der Waals surface area contributed by atoms with Crippen LogP contribution in [0.5, 0.6) is 0 Å². The Morgan fingerprint density at radius 2 is 1.77 bits per heavy atom. The van der Waals surface area contributed by atoms with E-state index in [1.54, 1.807) is 34.5 Å². The number of carbonyl (C=O) groups excluding carboxylic acids is 3. The Bertz CT molecular complexity index is 964. The number of nitrogens with one attached hydrogen (secondary N) is 2. The van der Waals surface area contributed by atoms with Crippen LogP contribution in [0.3, 0.4) is 0 Å². The molecule has 0 unspecified atom stereocenters. The third-order valence-corrected chi connectivity index (χ3v) is 6.00. The minimum atomic E-state index is -0.521. The van der Waals surface area contributed by atoms with E-state index in [2.05, 4.69) is 15.8 Å². The summed E-state index contributed by atoms with van der Waals surface area (Å²) in [6.07, 6.45) is 1.19. The SMILES string of the molecule is CC(C)(C)OC(=O)N1CCC(c2nc(C(=O)NNC(=O)c3ccccc3Cl)cs2)CC1. The van der Waals surface area contributed by atoms with E-state index < -0.39 is 17.4 Å². The van der Waals surface area contributed by atoms with E-state index in [9.17, 15) is 14.4 Å². The van der Waals surface area contributed by atoms with Crippen molar-refractivity contribution < 1.29 is 19.1 Å². The van der Waals surface area contributed by atoms with E-state index in [-0.39, 0.29) is 23.3 Å². The highest BCUT2D eigenvalue weighted by Crippen LogP contribution is 2.31. The van der Waals surface area contributed by atoms with Crippen LogP contribution in [0, 0.1) is 0 Å². The molecular formula is C21H25ClN4O4S. The van der Waals surface area contributed by atoms with Crippen LogP contribution in [0.4, 0.5) is 4.79 Å². The summed E-state index contributed by atoms with van der Waals surface area (Å²) in [7, 11) is 0. The number of carbonyl (C=O) groups is 3. The molecule has 2 aromatic rings. The molecule has 3 amide bonds. The first-order chi connectivity index (χ1) is 14.6. The molecule has 0 atom stereocenters. The number of benzene rings is 1. The van der Waals surface area contributed by atoms with Gasteiger partial charge >= 0.3 is 6.09 Å². The van der Waals surface area contributed by atoms with Crippen LogP contribution in [0.15, 0.2) is 29.6 Å². The van der Waals surface area contributed by atoms with Crippen LogP contribution >= 0.6 is 22.9 Å². The molecule has 1 saturated heterocycles. The van der Waals surface area contributed by atoms with Gasteiger partial charge in [0.05, 0.1) is 15.6 Å². The molecule has 1 aliphatic rings. The number of halogens is 1. The zero-order valence-corrected chi connectivity index (χ0v) is 19.2. The number of hydrogen-bond acceptors (Lipinski definition) is 6. The monoisotopic (exact) mass is 464 g/mol. The fourth-order valence-electron chi connectivity index (χ4n) is 3.11. The third-order valence-electron chi connectivity index (χ3n) is 4.66. The summed E-state index contributed by atoms with van der Waals surface area (Å²) in [5.41, 5.74) is 4.68. The van der Waals surface area contributed by atoms with Gasteiger partial charge in [-0.05, 0) is 45.7 Å². The number of likely N-dealkylation sites (tertiary alicyclic amines) is 1. The van der Waals surface area contributed by atoms with Crippen molar-refractivity contribution in [3.8, 4) is 0 Å². The average Bonchev–Trinajstić information content (AvgIpc) is 3.21. The molecule has 0 saturated carbocycles. The lowest BCUT2D eigenvalue weighted by molar-refractivity contribution is 0.0204. The van der Waals surface area contributed by atoms with E-state index >= 15 is 0 Å². The van der Waals surface area contributed by atoms with Gasteiger partial charge in [-0.15, -0.1) is 11.3 Å². The second-order valence-electron chi connectivity index (χ2n) is 8.20. The van der Waals surface area contributed by atoms with E-state index in [1.807, 2.05) is 20.8 Å². The second kappa shape index (κ2) is 9.65. The van der Waals surface area contributed by atoms with E-state index in [0.29, 0.717) is 18.1 Å². The molecule has 1 fully saturated rings. The van der Waals surface area contributed by atoms with Gasteiger partial charge < -0.3 is 9.64 Å². The zero-order valence-electron chi connectivity index (χ0n) is 17.6. The third kappa shape index (κ3) is 6.18. The Kier molecular flexibility index (Phi) is 7.17. The normalized spacial score (nSPS) is 14.8. The van der Waals surface area contributed by atoms with Gasteiger partial charge in [0.1, 0.15) is 11.3 Å². The Balaban J connectivity index is 1.51. The number of nitrogens with zero attached hydrogens (tertiary/aromatic N) is 2. The molecule has 1 aliphatic heterocycles. The van der Waals surface area contributed by atoms with Crippen molar-refractivity contribution >= 4 is 40.8 Å². The van der Waals surface area contributed by atoms with Crippen molar-refractivity contribution in [3.63, 3.8) is 0 Å². The van der Waals surface area contributed by atoms with Crippen molar-refractivity contribution in [2.45, 2.75) is 45.1 Å². The lowest BCUT2D eigenvalue weighted by Crippen LogP contribution is -2.42. The molecule has 0 radical (unpaired) electrons. The Labute approximate surface area is 189 Å². The molecule has 0 aliphatic carbocycles. The summed E-state index contributed by atoms with van der Waals surface area (Å²) in [4.78, 5) is 42.8. The molecule has 0 spiro atoms. The molecule has 10 heteroatoms. The van der Waals surface area contributed by atoms with Crippen molar-refractivity contribution in [3.05, 3.63) is 50.9 Å². The minimum absolute atomic E-state index is 0.169. The number of rotatable bonds is 3. The first-order valence-electron chi connectivity index (χ1n) is 9.92. The molecule has 1 aromatic heterocycles. The van der Waals surface area contributed by atoms with E-state index in [1.165, 1.54) is 11.3 Å². The van der Waals surface area contributed by atoms with Gasteiger partial charge in [0, 0.05) is 24.4 Å². The highest BCUT2D eigenvalue weighted by molar-refractivity contribution is 7.09. The fourth-order valence-corrected chi connectivity index (χ4v) is 4.30. The van der Waals surface area contributed by atoms with Gasteiger partial charge in [-0.25, -0.2) is 9.78 Å². The van der Waals surface area contributed by atoms with Crippen LogP contribution in [0.25, 0.3) is 0 Å². The molecule has 31 heavy (non-hydrogen) atoms. The van der Waals surface area contributed by atoms with Crippen LogP contribution < -0.4 is 10.9 Å². The summed E-state index contributed by atoms with van der Waals surface area (Å²) in [5, 5.41) is 2.79. The number of thiazole rings is 1. The number of hydrazine groups is 1. The standard InChI is InChI=1S/C21H25ClN4O4S/c1-21(2,3)30-20(29)26-10-8-13(9-11-26)19-23-16(12-31-19)18(28)25-24-17(27)14-6-4-5-7-15(14)22/h4-7,12-13H,8-11H2,1-3H3,(H,24,27)(H,25,28). The zero-order chi connectivity index (χ0) is 22.6. The number of amides is 3. The number of hydrogen-bond donors (Lipinski definition) is 2. The molecule has 0 bridgehead atoms. The predicted molar refractivity (Wildman–Crippen MR) is 118 cm³/mol. The molecular weight excluding hydrogens is 440 g/mol. The Hall–Kier alpha value is -2.65. The van der Waals surface area contributed by atoms with Crippen LogP contribution in [-0.4, -0.2) is 46.5 Å². The predicted octanol–water partition coefficient (Wildman–Crippen LogP) is 3.99. The number of piperidine rings is 1. The van der Waals surface area contributed by atoms with Gasteiger partial charge in [-0.3, -0.25) is 20.4 Å². The average molecular weight is 465 g/mol. The van der Waals surface area contributed by atoms with Gasteiger partial charge in [0.15, 0.2) is 0 Å². The number of ether oxygens (including phenoxy) is 1. The summed E-state index contributed by atoms with van der Waals surface area (Å²) >= 11 is 7.38. The van der Waals surface area contributed by atoms with Gasteiger partial charge in [0.2, 0.25) is 0 Å². The smallest absolute Gasteiger partial charge is 0.410 e. The van der Waals surface area contributed by atoms with Crippen molar-refractivity contribution in [1.82, 2.24) is 20.7 Å². The molecule has 3 rings (SSSR count). The largest absolute Gasteiger partial charge is 0.444 e. The minimum Gasteiger partial charge on any atom is -0.444 e. The first-order valence-corrected chi connectivity index (χ1v) is 11.2. The first kappa shape index (κ1) is 23.0. The summed E-state index contributed by atoms with van der Waals surface area (Å²) in [5.74, 6) is -0.846.